The minimum Gasteiger partial charge on any atom is -0.345 e. The summed E-state index contributed by atoms with van der Waals surface area (Å²) in [7, 11) is 0. The van der Waals surface area contributed by atoms with E-state index in [1.807, 2.05) is 12.3 Å². The Balaban J connectivity index is 1.71. The third-order valence-electron chi connectivity index (χ3n) is 4.56. The van der Waals surface area contributed by atoms with Gasteiger partial charge in [-0.2, -0.15) is 5.10 Å². The molecule has 0 spiro atoms. The fraction of sp³-hybridized carbons (Fsp3) is 0.667. The zero-order valence-corrected chi connectivity index (χ0v) is 12.2. The molecule has 114 valence electrons. The third-order valence-corrected chi connectivity index (χ3v) is 4.56. The zero-order valence-electron chi connectivity index (χ0n) is 12.2. The van der Waals surface area contributed by atoms with Crippen molar-refractivity contribution in [3.05, 3.63) is 18.5 Å². The zero-order chi connectivity index (χ0) is 14.7. The second kappa shape index (κ2) is 6.28. The summed E-state index contributed by atoms with van der Waals surface area (Å²) in [5, 5.41) is 6.91. The predicted molar refractivity (Wildman–Crippen MR) is 77.3 cm³/mol. The van der Waals surface area contributed by atoms with Crippen LogP contribution >= 0.6 is 0 Å². The summed E-state index contributed by atoms with van der Waals surface area (Å²) in [4.78, 5) is 26.3. The van der Waals surface area contributed by atoms with E-state index in [1.165, 1.54) is 6.42 Å². The van der Waals surface area contributed by atoms with Gasteiger partial charge < -0.3 is 10.2 Å². The monoisotopic (exact) mass is 290 g/mol. The SMILES string of the molecule is O=C1NCC(=O)N(CCn2cccn2)C1C1CCCCC1. The highest BCUT2D eigenvalue weighted by Gasteiger charge is 2.39. The molecule has 3 rings (SSSR count). The number of carbonyl (C=O) groups excluding carboxylic acids is 2. The summed E-state index contributed by atoms with van der Waals surface area (Å²) in [6, 6.07) is 1.57. The minimum atomic E-state index is -0.290. The van der Waals surface area contributed by atoms with E-state index in [0.29, 0.717) is 19.0 Å². The number of amides is 2. The second-order valence-corrected chi connectivity index (χ2v) is 5.92. The second-order valence-electron chi connectivity index (χ2n) is 5.92. The van der Waals surface area contributed by atoms with Gasteiger partial charge in [0.2, 0.25) is 11.8 Å². The molecule has 1 aliphatic heterocycles. The molecule has 1 aromatic heterocycles. The largest absolute Gasteiger partial charge is 0.345 e. The van der Waals surface area contributed by atoms with Crippen molar-refractivity contribution in [3.63, 3.8) is 0 Å². The van der Waals surface area contributed by atoms with Gasteiger partial charge in [0.05, 0.1) is 13.1 Å². The number of piperazine rings is 1. The molecule has 6 heteroatoms. The van der Waals surface area contributed by atoms with Crippen LogP contribution < -0.4 is 5.32 Å². The lowest BCUT2D eigenvalue weighted by Crippen LogP contribution is -2.61. The molecule has 1 atom stereocenters. The summed E-state index contributed by atoms with van der Waals surface area (Å²) < 4.78 is 1.80. The van der Waals surface area contributed by atoms with Crippen molar-refractivity contribution in [1.29, 1.82) is 0 Å². The number of hydrogen-bond acceptors (Lipinski definition) is 3. The van der Waals surface area contributed by atoms with E-state index in [4.69, 9.17) is 0 Å². The molecule has 2 heterocycles. The van der Waals surface area contributed by atoms with E-state index in [1.54, 1.807) is 15.8 Å². The van der Waals surface area contributed by atoms with Gasteiger partial charge in [0.1, 0.15) is 6.04 Å². The molecule has 2 aliphatic rings. The van der Waals surface area contributed by atoms with Crippen LogP contribution in [0.4, 0.5) is 0 Å². The van der Waals surface area contributed by atoms with Gasteiger partial charge in [-0.05, 0) is 24.8 Å². The quantitative estimate of drug-likeness (QED) is 0.891. The van der Waals surface area contributed by atoms with E-state index in [9.17, 15) is 9.59 Å². The highest BCUT2D eigenvalue weighted by atomic mass is 16.2. The molecular weight excluding hydrogens is 268 g/mol. The van der Waals surface area contributed by atoms with E-state index in [2.05, 4.69) is 10.4 Å². The van der Waals surface area contributed by atoms with Crippen molar-refractivity contribution in [2.45, 2.75) is 44.7 Å². The normalized spacial score (nSPS) is 24.2. The first-order valence-electron chi connectivity index (χ1n) is 7.80. The molecule has 21 heavy (non-hydrogen) atoms. The number of carbonyl (C=O) groups is 2. The maximum atomic E-state index is 12.3. The molecule has 6 nitrogen and oxygen atoms in total. The number of aromatic nitrogens is 2. The fourth-order valence-electron chi connectivity index (χ4n) is 3.49. The first kappa shape index (κ1) is 14.1. The van der Waals surface area contributed by atoms with Crippen molar-refractivity contribution >= 4 is 11.8 Å². The molecule has 1 saturated heterocycles. The van der Waals surface area contributed by atoms with Crippen LogP contribution in [0, 0.1) is 5.92 Å². The Morgan fingerprint density at radius 2 is 2.00 bits per heavy atom. The first-order chi connectivity index (χ1) is 10.3. The molecule has 1 saturated carbocycles. The summed E-state index contributed by atoms with van der Waals surface area (Å²) >= 11 is 0. The molecule has 1 aliphatic carbocycles. The van der Waals surface area contributed by atoms with Crippen LogP contribution in [0.1, 0.15) is 32.1 Å². The predicted octanol–water partition coefficient (Wildman–Crippen LogP) is 0.790. The van der Waals surface area contributed by atoms with Gasteiger partial charge in [-0.3, -0.25) is 14.3 Å². The van der Waals surface area contributed by atoms with Gasteiger partial charge in [-0.25, -0.2) is 0 Å². The van der Waals surface area contributed by atoms with Crippen LogP contribution in [0.3, 0.4) is 0 Å². The lowest BCUT2D eigenvalue weighted by atomic mass is 9.82. The summed E-state index contributed by atoms with van der Waals surface area (Å²) in [5.74, 6) is 0.347. The van der Waals surface area contributed by atoms with E-state index < -0.39 is 0 Å². The Kier molecular flexibility index (Phi) is 4.22. The van der Waals surface area contributed by atoms with E-state index >= 15 is 0 Å². The Hall–Kier alpha value is -1.85. The van der Waals surface area contributed by atoms with Crippen LogP contribution in [0.15, 0.2) is 18.5 Å². The molecule has 0 bridgehead atoms. The van der Waals surface area contributed by atoms with Gasteiger partial charge in [0, 0.05) is 18.9 Å². The number of nitrogens with one attached hydrogen (secondary N) is 1. The maximum absolute atomic E-state index is 12.3. The molecule has 2 amide bonds. The Morgan fingerprint density at radius 3 is 2.71 bits per heavy atom. The van der Waals surface area contributed by atoms with Crippen molar-refractivity contribution < 1.29 is 9.59 Å². The lowest BCUT2D eigenvalue weighted by Gasteiger charge is -2.40. The van der Waals surface area contributed by atoms with Crippen LogP contribution in [-0.4, -0.2) is 45.6 Å². The van der Waals surface area contributed by atoms with Crippen molar-refractivity contribution in [2.24, 2.45) is 5.92 Å². The fourth-order valence-corrected chi connectivity index (χ4v) is 3.49. The van der Waals surface area contributed by atoms with E-state index in [-0.39, 0.29) is 24.4 Å². The number of nitrogens with zero attached hydrogens (tertiary/aromatic N) is 3. The van der Waals surface area contributed by atoms with Crippen molar-refractivity contribution in [2.75, 3.05) is 13.1 Å². The van der Waals surface area contributed by atoms with Gasteiger partial charge in [0.25, 0.3) is 0 Å². The third kappa shape index (κ3) is 3.09. The highest BCUT2D eigenvalue weighted by molar-refractivity contribution is 5.95. The molecule has 1 N–H and O–H groups in total. The lowest BCUT2D eigenvalue weighted by molar-refractivity contribution is -0.148. The Bertz CT molecular complexity index is 494. The Morgan fingerprint density at radius 1 is 1.19 bits per heavy atom. The molecule has 1 aromatic rings. The summed E-state index contributed by atoms with van der Waals surface area (Å²) in [6.45, 7) is 1.31. The van der Waals surface area contributed by atoms with Gasteiger partial charge in [-0.1, -0.05) is 19.3 Å². The van der Waals surface area contributed by atoms with Crippen LogP contribution in [0.5, 0.6) is 0 Å². The highest BCUT2D eigenvalue weighted by Crippen LogP contribution is 2.30. The smallest absolute Gasteiger partial charge is 0.243 e. The standard InChI is InChI=1S/C15H22N4O2/c20-13-11-16-15(21)14(12-5-2-1-3-6-12)19(13)10-9-18-8-4-7-17-18/h4,7-8,12,14H,1-3,5-6,9-11H2,(H,16,21). The Labute approximate surface area is 124 Å². The molecule has 2 fully saturated rings. The maximum Gasteiger partial charge on any atom is 0.243 e. The minimum absolute atomic E-state index is 0.0157. The van der Waals surface area contributed by atoms with Crippen LogP contribution in [-0.2, 0) is 16.1 Å². The molecular formula is C15H22N4O2. The van der Waals surface area contributed by atoms with Gasteiger partial charge in [-0.15, -0.1) is 0 Å². The van der Waals surface area contributed by atoms with E-state index in [0.717, 1.165) is 25.7 Å². The molecule has 0 radical (unpaired) electrons. The summed E-state index contributed by atoms with van der Waals surface area (Å²) in [5.41, 5.74) is 0. The molecule has 1 unspecified atom stereocenters. The first-order valence-corrected chi connectivity index (χ1v) is 7.80. The summed E-state index contributed by atoms with van der Waals surface area (Å²) in [6.07, 6.45) is 9.26. The average Bonchev–Trinajstić information content (AvgIpc) is 3.02. The number of hydrogen-bond donors (Lipinski definition) is 1. The average molecular weight is 290 g/mol. The topological polar surface area (TPSA) is 67.2 Å². The molecule has 0 aromatic carbocycles. The van der Waals surface area contributed by atoms with Crippen LogP contribution in [0.2, 0.25) is 0 Å². The van der Waals surface area contributed by atoms with Gasteiger partial charge in [0.15, 0.2) is 0 Å². The van der Waals surface area contributed by atoms with Crippen LogP contribution in [0.25, 0.3) is 0 Å². The number of rotatable bonds is 4. The van der Waals surface area contributed by atoms with Gasteiger partial charge >= 0.3 is 0 Å². The van der Waals surface area contributed by atoms with Crippen molar-refractivity contribution in [1.82, 2.24) is 20.0 Å². The van der Waals surface area contributed by atoms with Crippen molar-refractivity contribution in [3.8, 4) is 0 Å².